The van der Waals surface area contributed by atoms with Gasteiger partial charge in [0, 0.05) is 29.7 Å². The van der Waals surface area contributed by atoms with E-state index in [1.807, 2.05) is 4.90 Å². The summed E-state index contributed by atoms with van der Waals surface area (Å²) in [5.41, 5.74) is 0.615. The number of rotatable bonds is 3. The first kappa shape index (κ1) is 19.2. The summed E-state index contributed by atoms with van der Waals surface area (Å²) in [5.74, 6) is -1.09. The number of ether oxygens (including phenoxy) is 1. The fourth-order valence-corrected chi connectivity index (χ4v) is 3.25. The Hall–Kier alpha value is -2.09. The van der Waals surface area contributed by atoms with Crippen LogP contribution >= 0.6 is 15.9 Å². The molecule has 0 aliphatic carbocycles. The molecule has 8 heteroatoms. The molecule has 1 atom stereocenters. The first-order chi connectivity index (χ1) is 11.6. The summed E-state index contributed by atoms with van der Waals surface area (Å²) in [7, 11) is 0. The molecular weight excluding hydrogens is 392 g/mol. The van der Waals surface area contributed by atoms with Gasteiger partial charge in [-0.1, -0.05) is 0 Å². The molecule has 0 aromatic heterocycles. The molecule has 1 saturated heterocycles. The zero-order chi connectivity index (χ0) is 18.8. The average molecular weight is 413 g/mol. The van der Waals surface area contributed by atoms with Crippen LogP contribution in [0.4, 0.5) is 10.5 Å². The Morgan fingerprint density at radius 2 is 2.00 bits per heavy atom. The predicted octanol–water partition coefficient (Wildman–Crippen LogP) is 2.77. The Labute approximate surface area is 154 Å². The van der Waals surface area contributed by atoms with Crippen molar-refractivity contribution in [3.63, 3.8) is 0 Å². The van der Waals surface area contributed by atoms with E-state index >= 15 is 0 Å². The third-order valence-corrected chi connectivity index (χ3v) is 4.38. The zero-order valence-corrected chi connectivity index (χ0v) is 15.9. The topological polar surface area (TPSA) is 87.2 Å². The maximum atomic E-state index is 12.3. The molecule has 0 unspecified atom stereocenters. The second-order valence-electron chi connectivity index (χ2n) is 6.80. The van der Waals surface area contributed by atoms with Gasteiger partial charge in [-0.05, 0) is 54.9 Å². The molecule has 1 aliphatic heterocycles. The fraction of sp³-hybridized carbons (Fsp3) is 0.471. The van der Waals surface area contributed by atoms with Gasteiger partial charge in [0.1, 0.15) is 17.9 Å². The number of nitrogens with zero attached hydrogens (tertiary/aromatic N) is 2. The van der Waals surface area contributed by atoms with E-state index in [2.05, 4.69) is 15.9 Å². The quantitative estimate of drug-likeness (QED) is 0.767. The molecule has 1 fully saturated rings. The number of aldehydes is 1. The van der Waals surface area contributed by atoms with Gasteiger partial charge >= 0.3 is 12.1 Å². The minimum Gasteiger partial charge on any atom is -0.480 e. The molecule has 0 spiro atoms. The van der Waals surface area contributed by atoms with Crippen LogP contribution in [0.3, 0.4) is 0 Å². The smallest absolute Gasteiger partial charge is 0.411 e. The maximum absolute atomic E-state index is 12.3. The molecule has 0 saturated carbocycles. The second-order valence-corrected chi connectivity index (χ2v) is 7.66. The summed E-state index contributed by atoms with van der Waals surface area (Å²) in [6.07, 6.45) is 0.115. The van der Waals surface area contributed by atoms with E-state index in [1.165, 1.54) is 4.90 Å². The average Bonchev–Trinajstić information content (AvgIpc) is 2.52. The molecule has 7 nitrogen and oxygen atoms in total. The Bertz CT molecular complexity index is 686. The normalized spacial score (nSPS) is 18.0. The lowest BCUT2D eigenvalue weighted by Crippen LogP contribution is -2.59. The number of aliphatic carboxylic acids is 1. The van der Waals surface area contributed by atoms with Crippen molar-refractivity contribution >= 4 is 40.0 Å². The Morgan fingerprint density at radius 3 is 2.52 bits per heavy atom. The largest absolute Gasteiger partial charge is 0.480 e. The highest BCUT2D eigenvalue weighted by atomic mass is 79.9. The van der Waals surface area contributed by atoms with Gasteiger partial charge in [0.2, 0.25) is 0 Å². The van der Waals surface area contributed by atoms with Gasteiger partial charge < -0.3 is 14.7 Å². The van der Waals surface area contributed by atoms with Gasteiger partial charge in [-0.15, -0.1) is 0 Å². The van der Waals surface area contributed by atoms with Crippen LogP contribution in [0.2, 0.25) is 0 Å². The number of carbonyl (C=O) groups is 3. The van der Waals surface area contributed by atoms with Gasteiger partial charge in [0.25, 0.3) is 0 Å². The molecule has 1 heterocycles. The number of carbonyl (C=O) groups excluding carboxylic acids is 2. The fourth-order valence-electron chi connectivity index (χ4n) is 2.61. The molecule has 136 valence electrons. The van der Waals surface area contributed by atoms with Crippen LogP contribution in [-0.4, -0.2) is 59.6 Å². The number of anilines is 1. The molecule has 0 bridgehead atoms. The van der Waals surface area contributed by atoms with Gasteiger partial charge in [0.15, 0.2) is 0 Å². The molecule has 25 heavy (non-hydrogen) atoms. The van der Waals surface area contributed by atoms with Crippen molar-refractivity contribution in [1.82, 2.24) is 4.90 Å². The van der Waals surface area contributed by atoms with Crippen molar-refractivity contribution in [2.24, 2.45) is 0 Å². The van der Waals surface area contributed by atoms with Gasteiger partial charge in [-0.3, -0.25) is 9.69 Å². The Kier molecular flexibility index (Phi) is 5.72. The number of piperazine rings is 1. The van der Waals surface area contributed by atoms with Crippen molar-refractivity contribution < 1.29 is 24.2 Å². The summed E-state index contributed by atoms with van der Waals surface area (Å²) in [6.45, 7) is 6.04. The molecule has 1 amide bonds. The third-order valence-electron chi connectivity index (χ3n) is 3.74. The van der Waals surface area contributed by atoms with Crippen LogP contribution < -0.4 is 4.90 Å². The lowest BCUT2D eigenvalue weighted by atomic mass is 10.1. The number of hydrogen-bond donors (Lipinski definition) is 1. The van der Waals surface area contributed by atoms with Crippen LogP contribution in [0.5, 0.6) is 0 Å². The van der Waals surface area contributed by atoms with Crippen LogP contribution in [0.15, 0.2) is 22.7 Å². The number of halogens is 1. The highest BCUT2D eigenvalue weighted by molar-refractivity contribution is 9.10. The summed E-state index contributed by atoms with van der Waals surface area (Å²) in [4.78, 5) is 37.9. The Morgan fingerprint density at radius 1 is 1.32 bits per heavy atom. The standard InChI is InChI=1S/C17H21BrN2O5/c1-17(2,3)25-16(24)20-7-6-19(9-14(20)15(22)23)13-5-4-11(10-21)8-12(13)18/h4-5,8,10,14H,6-7,9H2,1-3H3,(H,22,23)/t14-/m0/s1. The number of benzene rings is 1. The van der Waals surface area contributed by atoms with E-state index in [1.54, 1.807) is 39.0 Å². The number of amides is 1. The van der Waals surface area contributed by atoms with E-state index in [0.717, 1.165) is 12.0 Å². The first-order valence-electron chi connectivity index (χ1n) is 7.84. The second kappa shape index (κ2) is 7.43. The number of carboxylic acid groups (broad SMARTS) is 1. The highest BCUT2D eigenvalue weighted by Crippen LogP contribution is 2.29. The summed E-state index contributed by atoms with van der Waals surface area (Å²) in [6, 6.07) is 4.10. The van der Waals surface area contributed by atoms with Crippen LogP contribution in [-0.2, 0) is 9.53 Å². The van der Waals surface area contributed by atoms with Crippen LogP contribution in [0.25, 0.3) is 0 Å². The molecule has 2 rings (SSSR count). The SMILES string of the molecule is CC(C)(C)OC(=O)N1CCN(c2ccc(C=O)cc2Br)C[C@H]1C(=O)O. The lowest BCUT2D eigenvalue weighted by molar-refractivity contribution is -0.143. The van der Waals surface area contributed by atoms with Crippen molar-refractivity contribution in [3.8, 4) is 0 Å². The van der Waals surface area contributed by atoms with Crippen molar-refractivity contribution in [1.29, 1.82) is 0 Å². The minimum absolute atomic E-state index is 0.133. The van der Waals surface area contributed by atoms with Crippen molar-refractivity contribution in [3.05, 3.63) is 28.2 Å². The summed E-state index contributed by atoms with van der Waals surface area (Å²) < 4.78 is 6.01. The third kappa shape index (κ3) is 4.72. The zero-order valence-electron chi connectivity index (χ0n) is 14.4. The lowest BCUT2D eigenvalue weighted by Gasteiger charge is -2.41. The summed E-state index contributed by atoms with van der Waals surface area (Å²) in [5, 5.41) is 9.54. The van der Waals surface area contributed by atoms with Crippen molar-refractivity contribution in [2.75, 3.05) is 24.5 Å². The van der Waals surface area contributed by atoms with Gasteiger partial charge in [-0.2, -0.15) is 0 Å². The van der Waals surface area contributed by atoms with E-state index in [-0.39, 0.29) is 13.1 Å². The summed E-state index contributed by atoms with van der Waals surface area (Å²) >= 11 is 3.41. The molecular formula is C17H21BrN2O5. The number of carboxylic acids is 1. The van der Waals surface area contributed by atoms with E-state index in [4.69, 9.17) is 4.74 Å². The van der Waals surface area contributed by atoms with Crippen LogP contribution in [0.1, 0.15) is 31.1 Å². The highest BCUT2D eigenvalue weighted by Gasteiger charge is 2.38. The Balaban J connectivity index is 2.20. The first-order valence-corrected chi connectivity index (χ1v) is 8.64. The van der Waals surface area contributed by atoms with E-state index < -0.39 is 23.7 Å². The minimum atomic E-state index is -1.09. The monoisotopic (exact) mass is 412 g/mol. The van der Waals surface area contributed by atoms with Gasteiger partial charge in [0.05, 0.1) is 5.69 Å². The van der Waals surface area contributed by atoms with E-state index in [9.17, 15) is 19.5 Å². The molecule has 1 aromatic rings. The molecule has 1 N–H and O–H groups in total. The molecule has 1 aromatic carbocycles. The molecule has 1 aliphatic rings. The van der Waals surface area contributed by atoms with E-state index in [0.29, 0.717) is 16.6 Å². The number of hydrogen-bond acceptors (Lipinski definition) is 5. The van der Waals surface area contributed by atoms with Gasteiger partial charge in [-0.25, -0.2) is 9.59 Å². The predicted molar refractivity (Wildman–Crippen MR) is 96.1 cm³/mol. The molecule has 0 radical (unpaired) electrons. The van der Waals surface area contributed by atoms with Crippen molar-refractivity contribution in [2.45, 2.75) is 32.4 Å². The van der Waals surface area contributed by atoms with Crippen LogP contribution in [0, 0.1) is 0 Å². The maximum Gasteiger partial charge on any atom is 0.411 e.